The first-order valence-electron chi connectivity index (χ1n) is 9.62. The lowest BCUT2D eigenvalue weighted by Crippen LogP contribution is -2.34. The lowest BCUT2D eigenvalue weighted by molar-refractivity contribution is -0.0819. The zero-order valence-corrected chi connectivity index (χ0v) is 15.1. The Morgan fingerprint density at radius 2 is 1.88 bits per heavy atom. The van der Waals surface area contributed by atoms with E-state index < -0.39 is 0 Å². The minimum absolute atomic E-state index is 0.0331. The number of rotatable bonds is 5. The molecule has 138 valence electrons. The van der Waals surface area contributed by atoms with Gasteiger partial charge in [-0.15, -0.1) is 5.10 Å². The summed E-state index contributed by atoms with van der Waals surface area (Å²) in [6, 6.07) is 8.78. The molecule has 6 heteroatoms. The smallest absolute Gasteiger partial charge is 0.243 e. The topological polar surface area (TPSA) is 69.2 Å². The van der Waals surface area contributed by atoms with Crippen LogP contribution in [0.25, 0.3) is 11.3 Å². The van der Waals surface area contributed by atoms with Gasteiger partial charge in [0.1, 0.15) is 0 Å². The van der Waals surface area contributed by atoms with Crippen molar-refractivity contribution in [3.05, 3.63) is 36.0 Å². The molecule has 2 heterocycles. The predicted octanol–water partition coefficient (Wildman–Crippen LogP) is 3.41. The Morgan fingerprint density at radius 3 is 2.65 bits per heavy atom. The van der Waals surface area contributed by atoms with Crippen LogP contribution in [0.4, 0.5) is 5.95 Å². The molecule has 1 aliphatic carbocycles. The maximum Gasteiger partial charge on any atom is 0.243 e. The van der Waals surface area contributed by atoms with E-state index in [-0.39, 0.29) is 6.10 Å². The monoisotopic (exact) mass is 354 g/mol. The number of benzene rings is 1. The third kappa shape index (κ3) is 4.37. The molecule has 1 aromatic carbocycles. The molecule has 0 radical (unpaired) electrons. The van der Waals surface area contributed by atoms with Crippen LogP contribution in [0.3, 0.4) is 0 Å². The van der Waals surface area contributed by atoms with Gasteiger partial charge in [0.15, 0.2) is 0 Å². The molecule has 0 bridgehead atoms. The van der Waals surface area contributed by atoms with E-state index in [1.807, 2.05) is 0 Å². The van der Waals surface area contributed by atoms with Crippen LogP contribution in [0.15, 0.2) is 30.5 Å². The molecule has 1 atom stereocenters. The average Bonchev–Trinajstić information content (AvgIpc) is 2.74. The number of hydrogen-bond donors (Lipinski definition) is 1. The number of aromatic nitrogens is 3. The van der Waals surface area contributed by atoms with Crippen LogP contribution in [0.2, 0.25) is 0 Å². The second kappa shape index (κ2) is 8.56. The molecule has 1 N–H and O–H groups in total. The minimum atomic E-state index is 0.0331. The molecule has 0 unspecified atom stereocenters. The van der Waals surface area contributed by atoms with Gasteiger partial charge in [0, 0.05) is 12.1 Å². The summed E-state index contributed by atoms with van der Waals surface area (Å²) in [6.45, 7) is 2.52. The van der Waals surface area contributed by atoms with Gasteiger partial charge in [-0.05, 0) is 24.3 Å². The third-order valence-corrected chi connectivity index (χ3v) is 5.21. The van der Waals surface area contributed by atoms with Crippen LogP contribution < -0.4 is 5.32 Å². The van der Waals surface area contributed by atoms with Crippen LogP contribution in [0, 0.1) is 0 Å². The average molecular weight is 354 g/mol. The molecule has 1 saturated carbocycles. The van der Waals surface area contributed by atoms with Crippen LogP contribution in [-0.2, 0) is 9.47 Å². The summed E-state index contributed by atoms with van der Waals surface area (Å²) >= 11 is 0. The molecule has 1 saturated heterocycles. The Bertz CT molecular complexity index is 695. The second-order valence-electron chi connectivity index (χ2n) is 7.07. The van der Waals surface area contributed by atoms with E-state index in [1.165, 1.54) is 37.7 Å². The molecule has 6 nitrogen and oxygen atoms in total. The van der Waals surface area contributed by atoms with Crippen molar-refractivity contribution in [2.24, 2.45) is 0 Å². The van der Waals surface area contributed by atoms with Gasteiger partial charge in [-0.25, -0.2) is 4.98 Å². The Kier molecular flexibility index (Phi) is 5.72. The minimum Gasteiger partial charge on any atom is -0.376 e. The van der Waals surface area contributed by atoms with Gasteiger partial charge in [-0.3, -0.25) is 0 Å². The van der Waals surface area contributed by atoms with Crippen molar-refractivity contribution >= 4 is 5.95 Å². The zero-order chi connectivity index (χ0) is 17.6. The van der Waals surface area contributed by atoms with Crippen molar-refractivity contribution in [1.29, 1.82) is 0 Å². The van der Waals surface area contributed by atoms with Crippen molar-refractivity contribution in [1.82, 2.24) is 15.2 Å². The normalized spacial score (nSPS) is 21.5. The van der Waals surface area contributed by atoms with E-state index >= 15 is 0 Å². The lowest BCUT2D eigenvalue weighted by Gasteiger charge is -2.23. The van der Waals surface area contributed by atoms with Crippen LogP contribution >= 0.6 is 0 Å². The summed E-state index contributed by atoms with van der Waals surface area (Å²) < 4.78 is 11.0. The number of ether oxygens (including phenoxy) is 2. The fraction of sp³-hybridized carbons (Fsp3) is 0.550. The number of anilines is 1. The third-order valence-electron chi connectivity index (χ3n) is 5.21. The summed E-state index contributed by atoms with van der Waals surface area (Å²) in [4.78, 5) is 4.59. The Balaban J connectivity index is 1.40. The molecule has 0 spiro atoms. The summed E-state index contributed by atoms with van der Waals surface area (Å²) in [5.74, 6) is 1.24. The molecule has 1 aliphatic heterocycles. The van der Waals surface area contributed by atoms with E-state index in [9.17, 15) is 0 Å². The van der Waals surface area contributed by atoms with Crippen molar-refractivity contribution in [3.63, 3.8) is 0 Å². The second-order valence-corrected chi connectivity index (χ2v) is 7.07. The molecule has 4 rings (SSSR count). The molecular weight excluding hydrogens is 328 g/mol. The number of nitrogens with one attached hydrogen (secondary N) is 1. The highest BCUT2D eigenvalue weighted by Gasteiger charge is 2.16. The SMILES string of the molecule is c1cc(C2CCCCC2)ccc1-c1cnnc(NC[C@H]2COCCO2)n1. The van der Waals surface area contributed by atoms with Gasteiger partial charge < -0.3 is 14.8 Å². The standard InChI is InChI=1S/C20H26N4O2/c1-2-4-15(5-3-1)16-6-8-17(9-7-16)19-13-22-24-20(23-19)21-12-18-14-25-10-11-26-18/h6-9,13,15,18H,1-5,10-12,14H2,(H,21,23,24)/t18-/m0/s1. The first-order valence-corrected chi connectivity index (χ1v) is 9.62. The fourth-order valence-corrected chi connectivity index (χ4v) is 3.74. The van der Waals surface area contributed by atoms with E-state index in [0.717, 1.165) is 17.2 Å². The van der Waals surface area contributed by atoms with Gasteiger partial charge in [0.05, 0.1) is 37.8 Å². The van der Waals surface area contributed by atoms with Crippen molar-refractivity contribution in [3.8, 4) is 11.3 Å². The maximum absolute atomic E-state index is 5.62. The van der Waals surface area contributed by atoms with Crippen LogP contribution in [0.5, 0.6) is 0 Å². The van der Waals surface area contributed by atoms with Gasteiger partial charge in [0.25, 0.3) is 0 Å². The summed E-state index contributed by atoms with van der Waals surface area (Å²) in [6.07, 6.45) is 8.46. The van der Waals surface area contributed by atoms with E-state index in [4.69, 9.17) is 9.47 Å². The van der Waals surface area contributed by atoms with Crippen molar-refractivity contribution < 1.29 is 9.47 Å². The number of hydrogen-bond acceptors (Lipinski definition) is 6. The lowest BCUT2D eigenvalue weighted by atomic mass is 9.84. The number of nitrogens with zero attached hydrogens (tertiary/aromatic N) is 3. The highest BCUT2D eigenvalue weighted by Crippen LogP contribution is 2.33. The van der Waals surface area contributed by atoms with Gasteiger partial charge in [0.2, 0.25) is 5.95 Å². The van der Waals surface area contributed by atoms with Crippen molar-refractivity contribution in [2.45, 2.75) is 44.1 Å². The fourth-order valence-electron chi connectivity index (χ4n) is 3.74. The highest BCUT2D eigenvalue weighted by molar-refractivity contribution is 5.59. The molecule has 2 fully saturated rings. The molecule has 26 heavy (non-hydrogen) atoms. The van der Waals surface area contributed by atoms with Gasteiger partial charge >= 0.3 is 0 Å². The summed E-state index contributed by atoms with van der Waals surface area (Å²) in [7, 11) is 0. The highest BCUT2D eigenvalue weighted by atomic mass is 16.6. The molecule has 2 aliphatic rings. The predicted molar refractivity (Wildman–Crippen MR) is 100 cm³/mol. The van der Waals surface area contributed by atoms with E-state index in [2.05, 4.69) is 44.8 Å². The van der Waals surface area contributed by atoms with Gasteiger partial charge in [-0.1, -0.05) is 43.5 Å². The Hall–Kier alpha value is -2.05. The molecular formula is C20H26N4O2. The van der Waals surface area contributed by atoms with Crippen LogP contribution in [0.1, 0.15) is 43.6 Å². The summed E-state index contributed by atoms with van der Waals surface area (Å²) in [5, 5.41) is 11.4. The first-order chi connectivity index (χ1) is 12.9. The van der Waals surface area contributed by atoms with E-state index in [0.29, 0.717) is 32.3 Å². The van der Waals surface area contributed by atoms with E-state index in [1.54, 1.807) is 6.20 Å². The Labute approximate surface area is 154 Å². The zero-order valence-electron chi connectivity index (χ0n) is 15.1. The molecule has 1 aromatic heterocycles. The Morgan fingerprint density at radius 1 is 1.04 bits per heavy atom. The quantitative estimate of drug-likeness (QED) is 0.887. The molecule has 0 amide bonds. The van der Waals surface area contributed by atoms with Crippen LogP contribution in [-0.4, -0.2) is 47.7 Å². The van der Waals surface area contributed by atoms with Crippen molar-refractivity contribution in [2.75, 3.05) is 31.7 Å². The molecule has 2 aromatic rings. The summed E-state index contributed by atoms with van der Waals surface area (Å²) in [5.41, 5.74) is 3.35. The van der Waals surface area contributed by atoms with Gasteiger partial charge in [-0.2, -0.15) is 5.10 Å². The first kappa shape index (κ1) is 17.4. The maximum atomic E-state index is 5.62. The largest absolute Gasteiger partial charge is 0.376 e.